The number of benzene rings is 1. The number of aromatic nitrogens is 1. The van der Waals surface area contributed by atoms with Crippen molar-refractivity contribution in [1.82, 2.24) is 9.88 Å². The second-order valence-electron chi connectivity index (χ2n) is 5.25. The number of nitrogens with one attached hydrogen (secondary N) is 1. The minimum absolute atomic E-state index is 0.0554. The summed E-state index contributed by atoms with van der Waals surface area (Å²) in [7, 11) is 1.83. The Kier molecular flexibility index (Phi) is 3.03. The Morgan fingerprint density at radius 1 is 1.32 bits per heavy atom. The molecule has 0 aliphatic carbocycles. The molecule has 1 atom stereocenters. The third-order valence-electron chi connectivity index (χ3n) is 3.84. The van der Waals surface area contributed by atoms with Gasteiger partial charge in [-0.05, 0) is 13.0 Å². The zero-order valence-electron chi connectivity index (χ0n) is 11.4. The van der Waals surface area contributed by atoms with Gasteiger partial charge in [0, 0.05) is 44.2 Å². The number of rotatable bonds is 1. The van der Waals surface area contributed by atoms with Crippen molar-refractivity contribution in [2.75, 3.05) is 24.5 Å². The molecular weight excluding hydrogens is 238 g/mol. The molecule has 4 nitrogen and oxygen atoms in total. The molecule has 100 valence electrons. The van der Waals surface area contributed by atoms with Crippen LogP contribution in [0.1, 0.15) is 6.92 Å². The van der Waals surface area contributed by atoms with E-state index in [1.54, 1.807) is 10.6 Å². The molecule has 3 rings (SSSR count). The van der Waals surface area contributed by atoms with E-state index in [4.69, 9.17) is 0 Å². The van der Waals surface area contributed by atoms with Crippen LogP contribution in [0, 0.1) is 0 Å². The third kappa shape index (κ3) is 2.12. The van der Waals surface area contributed by atoms with Crippen LogP contribution in [0.2, 0.25) is 0 Å². The average Bonchev–Trinajstić information content (AvgIpc) is 2.43. The maximum absolute atomic E-state index is 12.1. The highest BCUT2D eigenvalue weighted by Crippen LogP contribution is 2.25. The van der Waals surface area contributed by atoms with Crippen molar-refractivity contribution in [3.63, 3.8) is 0 Å². The number of aryl methyl sites for hydroxylation is 1. The molecule has 1 N–H and O–H groups in total. The van der Waals surface area contributed by atoms with E-state index in [2.05, 4.69) is 23.2 Å². The Balaban J connectivity index is 2.18. The fourth-order valence-corrected chi connectivity index (χ4v) is 2.81. The van der Waals surface area contributed by atoms with Gasteiger partial charge in [-0.2, -0.15) is 0 Å². The molecule has 1 aliphatic rings. The van der Waals surface area contributed by atoms with E-state index < -0.39 is 0 Å². The first kappa shape index (κ1) is 12.2. The molecule has 4 heteroatoms. The first-order chi connectivity index (χ1) is 9.16. The van der Waals surface area contributed by atoms with Gasteiger partial charge in [0.1, 0.15) is 0 Å². The summed E-state index contributed by atoms with van der Waals surface area (Å²) in [4.78, 5) is 14.4. The van der Waals surface area contributed by atoms with Gasteiger partial charge in [0.05, 0.1) is 11.2 Å². The third-order valence-corrected chi connectivity index (χ3v) is 3.84. The molecule has 0 amide bonds. The number of piperazine rings is 1. The number of para-hydroxylation sites is 1. The van der Waals surface area contributed by atoms with Gasteiger partial charge in [-0.1, -0.05) is 18.2 Å². The second kappa shape index (κ2) is 4.70. The summed E-state index contributed by atoms with van der Waals surface area (Å²) in [5, 5.41) is 4.58. The summed E-state index contributed by atoms with van der Waals surface area (Å²) < 4.78 is 1.71. The Hall–Kier alpha value is -1.81. The molecule has 0 saturated carbocycles. The van der Waals surface area contributed by atoms with E-state index >= 15 is 0 Å². The minimum Gasteiger partial charge on any atom is -0.368 e. The first-order valence-electron chi connectivity index (χ1n) is 6.74. The Morgan fingerprint density at radius 2 is 2.11 bits per heavy atom. The maximum atomic E-state index is 12.1. The van der Waals surface area contributed by atoms with Crippen molar-refractivity contribution in [2.45, 2.75) is 13.0 Å². The lowest BCUT2D eigenvalue weighted by atomic mass is 10.1. The van der Waals surface area contributed by atoms with Crippen molar-refractivity contribution < 1.29 is 0 Å². The summed E-state index contributed by atoms with van der Waals surface area (Å²) in [5.41, 5.74) is 2.11. The molecule has 1 aromatic carbocycles. The number of pyridine rings is 1. The maximum Gasteiger partial charge on any atom is 0.252 e. The number of anilines is 1. The summed E-state index contributed by atoms with van der Waals surface area (Å²) in [6.45, 7) is 5.03. The molecular formula is C15H19N3O. The number of hydrogen-bond donors (Lipinski definition) is 1. The zero-order chi connectivity index (χ0) is 13.4. The number of hydrogen-bond acceptors (Lipinski definition) is 3. The van der Waals surface area contributed by atoms with Crippen LogP contribution in [-0.4, -0.2) is 30.2 Å². The SMILES string of the molecule is CC1CN(c2cc(=O)n(C)c3ccccc23)CCN1. The van der Waals surface area contributed by atoms with Crippen LogP contribution in [0.15, 0.2) is 35.1 Å². The predicted octanol–water partition coefficient (Wildman–Crippen LogP) is 1.34. The van der Waals surface area contributed by atoms with Crippen molar-refractivity contribution >= 4 is 16.6 Å². The Labute approximate surface area is 112 Å². The highest BCUT2D eigenvalue weighted by molar-refractivity contribution is 5.92. The highest BCUT2D eigenvalue weighted by Gasteiger charge is 2.18. The minimum atomic E-state index is 0.0554. The Morgan fingerprint density at radius 3 is 2.89 bits per heavy atom. The van der Waals surface area contributed by atoms with E-state index in [-0.39, 0.29) is 5.56 Å². The van der Waals surface area contributed by atoms with Gasteiger partial charge in [0.2, 0.25) is 0 Å². The molecule has 2 heterocycles. The van der Waals surface area contributed by atoms with Gasteiger partial charge in [-0.15, -0.1) is 0 Å². The van der Waals surface area contributed by atoms with E-state index in [1.165, 1.54) is 0 Å². The standard InChI is InChI=1S/C15H19N3O/c1-11-10-18(8-7-16-11)14-9-15(19)17(2)13-6-4-3-5-12(13)14/h3-6,9,11,16H,7-8,10H2,1-2H3. The van der Waals surface area contributed by atoms with Gasteiger partial charge in [0.25, 0.3) is 5.56 Å². The van der Waals surface area contributed by atoms with Gasteiger partial charge in [0.15, 0.2) is 0 Å². The van der Waals surface area contributed by atoms with Gasteiger partial charge < -0.3 is 14.8 Å². The first-order valence-corrected chi connectivity index (χ1v) is 6.74. The second-order valence-corrected chi connectivity index (χ2v) is 5.25. The summed E-state index contributed by atoms with van der Waals surface area (Å²) in [6, 6.07) is 10.3. The average molecular weight is 257 g/mol. The lowest BCUT2D eigenvalue weighted by Gasteiger charge is -2.34. The highest BCUT2D eigenvalue weighted by atomic mass is 16.1. The monoisotopic (exact) mass is 257 g/mol. The summed E-state index contributed by atoms with van der Waals surface area (Å²) in [5.74, 6) is 0. The van der Waals surface area contributed by atoms with Crippen LogP contribution in [0.4, 0.5) is 5.69 Å². The van der Waals surface area contributed by atoms with Crippen LogP contribution in [-0.2, 0) is 7.05 Å². The van der Waals surface area contributed by atoms with Crippen molar-refractivity contribution in [3.05, 3.63) is 40.7 Å². The van der Waals surface area contributed by atoms with Gasteiger partial charge in [-0.3, -0.25) is 4.79 Å². The van der Waals surface area contributed by atoms with E-state index in [1.807, 2.05) is 25.2 Å². The lowest BCUT2D eigenvalue weighted by Crippen LogP contribution is -2.49. The smallest absolute Gasteiger partial charge is 0.252 e. The molecule has 1 saturated heterocycles. The normalized spacial score (nSPS) is 19.9. The fourth-order valence-electron chi connectivity index (χ4n) is 2.81. The molecule has 1 aromatic heterocycles. The number of fused-ring (bicyclic) bond motifs is 1. The van der Waals surface area contributed by atoms with Crippen LogP contribution < -0.4 is 15.8 Å². The molecule has 19 heavy (non-hydrogen) atoms. The van der Waals surface area contributed by atoms with Crippen molar-refractivity contribution in [1.29, 1.82) is 0 Å². The van der Waals surface area contributed by atoms with Crippen LogP contribution in [0.3, 0.4) is 0 Å². The lowest BCUT2D eigenvalue weighted by molar-refractivity contribution is 0.485. The van der Waals surface area contributed by atoms with E-state index in [9.17, 15) is 4.79 Å². The molecule has 1 aliphatic heterocycles. The van der Waals surface area contributed by atoms with Crippen LogP contribution >= 0.6 is 0 Å². The Bertz CT molecular complexity index is 662. The molecule has 0 spiro atoms. The van der Waals surface area contributed by atoms with Crippen molar-refractivity contribution in [3.8, 4) is 0 Å². The van der Waals surface area contributed by atoms with Gasteiger partial charge in [-0.25, -0.2) is 0 Å². The predicted molar refractivity (Wildman–Crippen MR) is 78.9 cm³/mol. The van der Waals surface area contributed by atoms with E-state index in [0.717, 1.165) is 36.2 Å². The van der Waals surface area contributed by atoms with Crippen molar-refractivity contribution in [2.24, 2.45) is 7.05 Å². The molecule has 0 radical (unpaired) electrons. The van der Waals surface area contributed by atoms with Gasteiger partial charge >= 0.3 is 0 Å². The number of nitrogens with zero attached hydrogens (tertiary/aromatic N) is 2. The largest absolute Gasteiger partial charge is 0.368 e. The quantitative estimate of drug-likeness (QED) is 0.837. The zero-order valence-corrected chi connectivity index (χ0v) is 11.4. The van der Waals surface area contributed by atoms with Crippen LogP contribution in [0.5, 0.6) is 0 Å². The topological polar surface area (TPSA) is 37.3 Å². The van der Waals surface area contributed by atoms with E-state index in [0.29, 0.717) is 6.04 Å². The fraction of sp³-hybridized carbons (Fsp3) is 0.400. The molecule has 2 aromatic rings. The molecule has 1 fully saturated rings. The molecule has 1 unspecified atom stereocenters. The summed E-state index contributed by atoms with van der Waals surface area (Å²) in [6.07, 6.45) is 0. The summed E-state index contributed by atoms with van der Waals surface area (Å²) >= 11 is 0. The van der Waals surface area contributed by atoms with Crippen LogP contribution in [0.25, 0.3) is 10.9 Å². The molecule has 0 bridgehead atoms.